The summed E-state index contributed by atoms with van der Waals surface area (Å²) in [4.78, 5) is 26.5. The third-order valence-corrected chi connectivity index (χ3v) is 3.66. The fourth-order valence-electron chi connectivity index (χ4n) is 2.46. The van der Waals surface area contributed by atoms with E-state index in [1.165, 1.54) is 4.90 Å². The summed E-state index contributed by atoms with van der Waals surface area (Å²) in [5, 5.41) is 0. The van der Waals surface area contributed by atoms with Gasteiger partial charge in [-0.3, -0.25) is 9.69 Å². The van der Waals surface area contributed by atoms with E-state index in [1.54, 1.807) is 0 Å². The van der Waals surface area contributed by atoms with Gasteiger partial charge in [0.15, 0.2) is 0 Å². The molecular weight excluding hydrogens is 262 g/mol. The number of hydrogen-bond donors (Lipinski definition) is 1. The molecule has 2 amide bonds. The Labute approximate surface area is 119 Å². The molecule has 2 aliphatic rings. The van der Waals surface area contributed by atoms with Crippen molar-refractivity contribution in [2.45, 2.75) is 25.4 Å². The second-order valence-electron chi connectivity index (χ2n) is 5.15. The second-order valence-corrected chi connectivity index (χ2v) is 5.15. The van der Waals surface area contributed by atoms with Gasteiger partial charge in [0.05, 0.1) is 19.2 Å². The van der Waals surface area contributed by atoms with Crippen LogP contribution in [0.4, 0.5) is 4.79 Å². The van der Waals surface area contributed by atoms with E-state index in [4.69, 9.17) is 15.2 Å². The molecular formula is C13H23N3O4. The summed E-state index contributed by atoms with van der Waals surface area (Å²) in [5.41, 5.74) is 5.42. The van der Waals surface area contributed by atoms with Crippen molar-refractivity contribution in [3.8, 4) is 0 Å². The van der Waals surface area contributed by atoms with Crippen molar-refractivity contribution in [1.29, 1.82) is 0 Å². The molecule has 0 aromatic carbocycles. The smallest absolute Gasteiger partial charge is 0.416 e. The zero-order valence-corrected chi connectivity index (χ0v) is 11.8. The highest BCUT2D eigenvalue weighted by atomic mass is 16.6. The van der Waals surface area contributed by atoms with E-state index in [-0.39, 0.29) is 18.6 Å². The molecule has 0 spiro atoms. The lowest BCUT2D eigenvalue weighted by Gasteiger charge is -2.31. The highest BCUT2D eigenvalue weighted by molar-refractivity contribution is 5.94. The number of rotatable bonds is 6. The maximum absolute atomic E-state index is 12.0. The monoisotopic (exact) mass is 285 g/mol. The quantitative estimate of drug-likeness (QED) is 0.680. The number of piperidine rings is 1. The normalized spacial score (nSPS) is 21.2. The maximum atomic E-state index is 12.0. The summed E-state index contributed by atoms with van der Waals surface area (Å²) in [5.74, 6) is -0.171. The zero-order chi connectivity index (χ0) is 14.4. The van der Waals surface area contributed by atoms with E-state index < -0.39 is 6.09 Å². The van der Waals surface area contributed by atoms with Gasteiger partial charge < -0.3 is 15.2 Å². The molecule has 7 nitrogen and oxygen atoms in total. The standard InChI is InChI=1S/C13H23N3O4/c14-4-1-8-19-11-2-5-15(6-3-11)10-12(17)16-7-9-20-13(16)18/h11H,1-10,14H2. The Balaban J connectivity index is 1.66. The largest absolute Gasteiger partial charge is 0.447 e. The first-order valence-corrected chi connectivity index (χ1v) is 7.22. The van der Waals surface area contributed by atoms with Crippen LogP contribution in [0, 0.1) is 0 Å². The molecule has 7 heteroatoms. The number of carbonyl (C=O) groups is 2. The molecule has 0 aliphatic carbocycles. The van der Waals surface area contributed by atoms with Crippen LogP contribution < -0.4 is 5.73 Å². The van der Waals surface area contributed by atoms with Gasteiger partial charge in [-0.25, -0.2) is 9.69 Å². The Kier molecular flexibility index (Phi) is 5.75. The molecule has 0 atom stereocenters. The van der Waals surface area contributed by atoms with Gasteiger partial charge in [-0.2, -0.15) is 0 Å². The molecule has 2 aliphatic heterocycles. The predicted molar refractivity (Wildman–Crippen MR) is 72.1 cm³/mol. The van der Waals surface area contributed by atoms with Gasteiger partial charge in [-0.15, -0.1) is 0 Å². The van der Waals surface area contributed by atoms with E-state index >= 15 is 0 Å². The Morgan fingerprint density at radius 1 is 1.35 bits per heavy atom. The van der Waals surface area contributed by atoms with Crippen molar-refractivity contribution in [3.63, 3.8) is 0 Å². The first-order chi connectivity index (χ1) is 9.70. The van der Waals surface area contributed by atoms with Gasteiger partial charge in [-0.1, -0.05) is 0 Å². The fraction of sp³-hybridized carbons (Fsp3) is 0.846. The van der Waals surface area contributed by atoms with Crippen molar-refractivity contribution >= 4 is 12.0 Å². The topological polar surface area (TPSA) is 85.1 Å². The van der Waals surface area contributed by atoms with Crippen LogP contribution >= 0.6 is 0 Å². The van der Waals surface area contributed by atoms with Crippen LogP contribution in [0.3, 0.4) is 0 Å². The summed E-state index contributed by atoms with van der Waals surface area (Å²) in [6.07, 6.45) is 2.47. The van der Waals surface area contributed by atoms with Gasteiger partial charge in [0.1, 0.15) is 6.61 Å². The second kappa shape index (κ2) is 7.56. The Morgan fingerprint density at radius 2 is 2.10 bits per heavy atom. The number of nitrogens with zero attached hydrogens (tertiary/aromatic N) is 2. The van der Waals surface area contributed by atoms with Crippen LogP contribution in [-0.4, -0.2) is 73.8 Å². The van der Waals surface area contributed by atoms with Crippen LogP contribution in [0.15, 0.2) is 0 Å². The first kappa shape index (κ1) is 15.2. The Hall–Kier alpha value is -1.18. The fourth-order valence-corrected chi connectivity index (χ4v) is 2.46. The number of amides is 2. The molecule has 2 heterocycles. The summed E-state index contributed by atoms with van der Waals surface area (Å²) < 4.78 is 10.5. The molecule has 2 saturated heterocycles. The molecule has 0 aromatic heterocycles. The van der Waals surface area contributed by atoms with Crippen molar-refractivity contribution in [2.24, 2.45) is 5.73 Å². The Bertz CT molecular complexity index is 343. The van der Waals surface area contributed by atoms with Crippen molar-refractivity contribution in [3.05, 3.63) is 0 Å². The molecule has 2 fully saturated rings. The molecule has 20 heavy (non-hydrogen) atoms. The van der Waals surface area contributed by atoms with Crippen LogP contribution in [0.2, 0.25) is 0 Å². The molecule has 0 unspecified atom stereocenters. The first-order valence-electron chi connectivity index (χ1n) is 7.22. The van der Waals surface area contributed by atoms with Gasteiger partial charge >= 0.3 is 6.09 Å². The van der Waals surface area contributed by atoms with E-state index in [0.29, 0.717) is 26.3 Å². The van der Waals surface area contributed by atoms with Gasteiger partial charge in [-0.05, 0) is 25.8 Å². The lowest BCUT2D eigenvalue weighted by Crippen LogP contribution is -2.45. The van der Waals surface area contributed by atoms with Crippen molar-refractivity contribution in [1.82, 2.24) is 9.80 Å². The minimum Gasteiger partial charge on any atom is -0.447 e. The van der Waals surface area contributed by atoms with Crippen LogP contribution in [0.5, 0.6) is 0 Å². The zero-order valence-electron chi connectivity index (χ0n) is 11.8. The predicted octanol–water partition coefficient (Wildman–Crippen LogP) is -0.205. The summed E-state index contributed by atoms with van der Waals surface area (Å²) in [7, 11) is 0. The molecule has 0 saturated carbocycles. The average Bonchev–Trinajstić information content (AvgIpc) is 2.87. The number of nitrogens with two attached hydrogens (primary N) is 1. The number of hydrogen-bond acceptors (Lipinski definition) is 6. The third-order valence-electron chi connectivity index (χ3n) is 3.66. The van der Waals surface area contributed by atoms with E-state index in [0.717, 1.165) is 32.4 Å². The number of carbonyl (C=O) groups excluding carboxylic acids is 2. The van der Waals surface area contributed by atoms with Crippen molar-refractivity contribution < 1.29 is 19.1 Å². The molecule has 114 valence electrons. The van der Waals surface area contributed by atoms with E-state index in [9.17, 15) is 9.59 Å². The van der Waals surface area contributed by atoms with Crippen molar-refractivity contribution in [2.75, 3.05) is 45.9 Å². The highest BCUT2D eigenvalue weighted by Crippen LogP contribution is 2.14. The maximum Gasteiger partial charge on any atom is 0.416 e. The Morgan fingerprint density at radius 3 is 2.70 bits per heavy atom. The van der Waals surface area contributed by atoms with Crippen LogP contribution in [0.1, 0.15) is 19.3 Å². The van der Waals surface area contributed by atoms with Gasteiger partial charge in [0.25, 0.3) is 0 Å². The summed E-state index contributed by atoms with van der Waals surface area (Å²) in [6.45, 7) is 3.96. The molecule has 0 aromatic rings. The summed E-state index contributed by atoms with van der Waals surface area (Å²) >= 11 is 0. The lowest BCUT2D eigenvalue weighted by atomic mass is 10.1. The third kappa shape index (κ3) is 4.16. The molecule has 2 rings (SSSR count). The minimum atomic E-state index is -0.519. The molecule has 0 radical (unpaired) electrons. The van der Waals surface area contributed by atoms with Crippen LogP contribution in [0.25, 0.3) is 0 Å². The van der Waals surface area contributed by atoms with Crippen LogP contribution in [-0.2, 0) is 14.3 Å². The van der Waals surface area contributed by atoms with E-state index in [1.807, 2.05) is 0 Å². The summed E-state index contributed by atoms with van der Waals surface area (Å²) in [6, 6.07) is 0. The lowest BCUT2D eigenvalue weighted by molar-refractivity contribution is -0.129. The van der Waals surface area contributed by atoms with Gasteiger partial charge in [0, 0.05) is 19.7 Å². The number of imide groups is 1. The molecule has 0 bridgehead atoms. The number of cyclic esters (lactones) is 1. The van der Waals surface area contributed by atoms with Gasteiger partial charge in [0.2, 0.25) is 5.91 Å². The van der Waals surface area contributed by atoms with E-state index in [2.05, 4.69) is 4.90 Å². The SMILES string of the molecule is NCCCOC1CCN(CC(=O)N2CCOC2=O)CC1. The number of ether oxygens (including phenoxy) is 2. The molecule has 2 N–H and O–H groups in total. The number of likely N-dealkylation sites (tertiary alicyclic amines) is 1. The highest BCUT2D eigenvalue weighted by Gasteiger charge is 2.30. The average molecular weight is 285 g/mol. The minimum absolute atomic E-state index is 0.171.